The third-order valence-corrected chi connectivity index (χ3v) is 1.75. The highest BCUT2D eigenvalue weighted by atomic mass is 32.2. The average molecular weight is 112 g/mol. The highest BCUT2D eigenvalue weighted by Gasteiger charge is 1.84. The fourth-order valence-electron chi connectivity index (χ4n) is 0.361. The number of rotatable bonds is 0. The molecule has 2 heteroatoms. The molecule has 0 bridgehead atoms. The maximum absolute atomic E-state index is 9.79. The van der Waals surface area contributed by atoms with Crippen molar-refractivity contribution in [1.29, 1.82) is 0 Å². The largest absolute Gasteiger partial charge is 0.226 e. The van der Waals surface area contributed by atoms with Gasteiger partial charge in [-0.1, -0.05) is 22.6 Å². The van der Waals surface area contributed by atoms with E-state index >= 15 is 0 Å². The first-order valence-electron chi connectivity index (χ1n) is 1.88. The first kappa shape index (κ1) is 4.57. The lowest BCUT2D eigenvalue weighted by Gasteiger charge is -1.71. The van der Waals surface area contributed by atoms with Crippen molar-refractivity contribution < 1.29 is 4.79 Å². The van der Waals surface area contributed by atoms with E-state index in [1.54, 1.807) is 0 Å². The monoisotopic (exact) mass is 112 g/mol. The molecule has 0 aliphatic carbocycles. The molecule has 0 spiro atoms. The van der Waals surface area contributed by atoms with Crippen LogP contribution in [0.5, 0.6) is 0 Å². The Morgan fingerprint density at radius 2 is 1.86 bits per heavy atom. The smallest absolute Gasteiger partial charge is 0.164 e. The lowest BCUT2D eigenvalue weighted by Crippen LogP contribution is -1.43. The summed E-state index contributed by atoms with van der Waals surface area (Å²) in [6, 6.07) is 0. The minimum Gasteiger partial charge on any atom is -0.226 e. The van der Waals surface area contributed by atoms with E-state index in [2.05, 4.69) is 0 Å². The Kier molecular flexibility index (Phi) is 1.25. The standard InChI is InChI=1S/C5H4OS/c6-5-7-3-1-2-4-7/h1-4H. The Morgan fingerprint density at radius 3 is 2.14 bits per heavy atom. The lowest BCUT2D eigenvalue weighted by atomic mass is 10.6. The van der Waals surface area contributed by atoms with Gasteiger partial charge in [0, 0.05) is 0 Å². The van der Waals surface area contributed by atoms with Crippen LogP contribution in [0.15, 0.2) is 23.0 Å². The van der Waals surface area contributed by atoms with E-state index < -0.39 is 0 Å². The summed E-state index contributed by atoms with van der Waals surface area (Å²) < 4.78 is 0. The Balaban J connectivity index is 3.00. The molecule has 7 heavy (non-hydrogen) atoms. The van der Waals surface area contributed by atoms with E-state index in [-0.39, 0.29) is 10.5 Å². The molecular weight excluding hydrogens is 108 g/mol. The molecule has 0 saturated heterocycles. The summed E-state index contributed by atoms with van der Waals surface area (Å²) in [7, 11) is -0.301. The molecule has 0 N–H and O–H groups in total. The van der Waals surface area contributed by atoms with Gasteiger partial charge in [0.25, 0.3) is 0 Å². The predicted octanol–water partition coefficient (Wildman–Crippen LogP) is 1.36. The SMILES string of the molecule is O=C=S1C=CC=C1. The first-order valence-corrected chi connectivity index (χ1v) is 3.23. The minimum absolute atomic E-state index is 0.301. The number of carbonyl (C=O) groups excluding carboxylic acids is 1. The topological polar surface area (TPSA) is 17.1 Å². The zero-order valence-electron chi connectivity index (χ0n) is 3.63. The first-order chi connectivity index (χ1) is 3.43. The second-order valence-corrected chi connectivity index (χ2v) is 2.57. The van der Waals surface area contributed by atoms with Gasteiger partial charge in [0.2, 0.25) is 0 Å². The molecule has 0 radical (unpaired) electrons. The second kappa shape index (κ2) is 1.92. The fourth-order valence-corrected chi connectivity index (χ4v) is 1.08. The van der Waals surface area contributed by atoms with Gasteiger partial charge in [-0.25, -0.2) is 4.79 Å². The van der Waals surface area contributed by atoms with Crippen molar-refractivity contribution >= 4 is 15.7 Å². The van der Waals surface area contributed by atoms with Gasteiger partial charge in [0.15, 0.2) is 5.23 Å². The van der Waals surface area contributed by atoms with Crippen molar-refractivity contribution in [3.05, 3.63) is 23.0 Å². The van der Waals surface area contributed by atoms with Crippen molar-refractivity contribution in [2.45, 2.75) is 0 Å². The van der Waals surface area contributed by atoms with Crippen LogP contribution in [0.2, 0.25) is 0 Å². The number of allylic oxidation sites excluding steroid dienone is 2. The summed E-state index contributed by atoms with van der Waals surface area (Å²) in [4.78, 5) is 9.79. The molecule has 0 atom stereocenters. The van der Waals surface area contributed by atoms with E-state index in [1.165, 1.54) is 0 Å². The highest BCUT2D eigenvalue weighted by Crippen LogP contribution is 2.18. The molecule has 0 aromatic heterocycles. The highest BCUT2D eigenvalue weighted by molar-refractivity contribution is 8.19. The molecule has 1 aliphatic rings. The van der Waals surface area contributed by atoms with Crippen molar-refractivity contribution in [3.8, 4) is 0 Å². The third-order valence-electron chi connectivity index (χ3n) is 0.658. The van der Waals surface area contributed by atoms with Crippen LogP contribution in [0.3, 0.4) is 0 Å². The van der Waals surface area contributed by atoms with Gasteiger partial charge in [-0.3, -0.25) is 0 Å². The van der Waals surface area contributed by atoms with Crippen molar-refractivity contribution in [1.82, 2.24) is 0 Å². The molecule has 1 nitrogen and oxygen atoms in total. The van der Waals surface area contributed by atoms with Gasteiger partial charge in [0.05, 0.1) is 0 Å². The Hall–Kier alpha value is -0.590. The summed E-state index contributed by atoms with van der Waals surface area (Å²) in [6.45, 7) is 0. The Bertz CT molecular complexity index is 159. The average Bonchev–Trinajstić information content (AvgIpc) is 2.14. The lowest BCUT2D eigenvalue weighted by molar-refractivity contribution is 0.572. The van der Waals surface area contributed by atoms with E-state index in [4.69, 9.17) is 0 Å². The fraction of sp³-hybridized carbons (Fsp3) is 0. The van der Waals surface area contributed by atoms with Crippen LogP contribution in [0, 0.1) is 0 Å². The van der Waals surface area contributed by atoms with Crippen LogP contribution in [-0.2, 0) is 4.79 Å². The summed E-state index contributed by atoms with van der Waals surface area (Å²) >= 11 is 0. The van der Waals surface area contributed by atoms with Crippen molar-refractivity contribution in [2.24, 2.45) is 0 Å². The van der Waals surface area contributed by atoms with Gasteiger partial charge in [-0.05, 0) is 10.8 Å². The van der Waals surface area contributed by atoms with Crippen LogP contribution in [0.25, 0.3) is 0 Å². The van der Waals surface area contributed by atoms with Crippen LogP contribution >= 0.6 is 10.5 Å². The van der Waals surface area contributed by atoms with Crippen LogP contribution in [0.4, 0.5) is 0 Å². The molecular formula is C5H4OS. The van der Waals surface area contributed by atoms with Gasteiger partial charge >= 0.3 is 0 Å². The molecule has 1 aliphatic heterocycles. The molecule has 0 aromatic carbocycles. The Morgan fingerprint density at radius 1 is 1.29 bits per heavy atom. The molecule has 0 fully saturated rings. The summed E-state index contributed by atoms with van der Waals surface area (Å²) in [5.41, 5.74) is 0. The summed E-state index contributed by atoms with van der Waals surface area (Å²) in [5.74, 6) is 0. The summed E-state index contributed by atoms with van der Waals surface area (Å²) in [6.07, 6.45) is 3.71. The minimum atomic E-state index is -0.301. The van der Waals surface area contributed by atoms with E-state index in [1.807, 2.05) is 28.2 Å². The zero-order valence-corrected chi connectivity index (χ0v) is 4.44. The van der Waals surface area contributed by atoms with Crippen LogP contribution < -0.4 is 0 Å². The van der Waals surface area contributed by atoms with Gasteiger partial charge in [0.1, 0.15) is 0 Å². The third kappa shape index (κ3) is 0.889. The van der Waals surface area contributed by atoms with Gasteiger partial charge < -0.3 is 0 Å². The zero-order chi connectivity index (χ0) is 5.11. The Labute approximate surface area is 44.3 Å². The second-order valence-electron chi connectivity index (χ2n) is 1.11. The molecule has 0 aromatic rings. The maximum Gasteiger partial charge on any atom is 0.164 e. The molecule has 1 rings (SSSR count). The molecule has 0 amide bonds. The molecule has 0 saturated carbocycles. The summed E-state index contributed by atoms with van der Waals surface area (Å²) in [5, 5.41) is 5.52. The quantitative estimate of drug-likeness (QED) is 0.432. The maximum atomic E-state index is 9.79. The van der Waals surface area contributed by atoms with E-state index in [9.17, 15) is 4.79 Å². The van der Waals surface area contributed by atoms with Crippen LogP contribution in [-0.4, -0.2) is 5.23 Å². The van der Waals surface area contributed by atoms with E-state index in [0.717, 1.165) is 0 Å². The number of hydrogen-bond acceptors (Lipinski definition) is 1. The normalized spacial score (nSPS) is 17.7. The van der Waals surface area contributed by atoms with E-state index in [0.29, 0.717) is 0 Å². The van der Waals surface area contributed by atoms with Crippen molar-refractivity contribution in [2.75, 3.05) is 0 Å². The molecule has 36 valence electrons. The predicted molar refractivity (Wildman–Crippen MR) is 31.6 cm³/mol. The van der Waals surface area contributed by atoms with Crippen molar-refractivity contribution in [3.63, 3.8) is 0 Å². The molecule has 1 heterocycles. The van der Waals surface area contributed by atoms with Gasteiger partial charge in [-0.2, -0.15) is 0 Å². The number of hydrogen-bond donors (Lipinski definition) is 0. The van der Waals surface area contributed by atoms with Crippen LogP contribution in [0.1, 0.15) is 0 Å². The molecule has 0 unspecified atom stereocenters. The van der Waals surface area contributed by atoms with Gasteiger partial charge in [-0.15, -0.1) is 0 Å².